The molecule has 4 amide bonds. The lowest BCUT2D eigenvalue weighted by molar-refractivity contribution is -0.137. The number of carbonyl (C=O) groups is 3. The molecule has 1 atom stereocenters. The van der Waals surface area contributed by atoms with Crippen LogP contribution in [0.5, 0.6) is 0 Å². The van der Waals surface area contributed by atoms with E-state index in [9.17, 15) is 27.6 Å². The first-order valence-electron chi connectivity index (χ1n) is 7.56. The van der Waals surface area contributed by atoms with Gasteiger partial charge in [0.1, 0.15) is 12.4 Å². The first-order chi connectivity index (χ1) is 12.7. The number of primary amides is 1. The Balaban J connectivity index is 1.81. The Kier molecular flexibility index (Phi) is 4.47. The maximum absolute atomic E-state index is 12.9. The molecule has 0 spiro atoms. The number of hydrogen-bond donors (Lipinski definition) is 3. The van der Waals surface area contributed by atoms with Gasteiger partial charge < -0.3 is 11.1 Å². The highest BCUT2D eigenvalue weighted by atomic mass is 19.4. The van der Waals surface area contributed by atoms with Crippen LogP contribution in [0.25, 0.3) is 0 Å². The van der Waals surface area contributed by atoms with Crippen LogP contribution in [-0.4, -0.2) is 33.6 Å². The molecule has 0 saturated carbocycles. The number of carbonyl (C=O) groups excluding carboxylic acids is 3. The van der Waals surface area contributed by atoms with E-state index in [0.717, 1.165) is 12.1 Å². The summed E-state index contributed by atoms with van der Waals surface area (Å²) in [7, 11) is 0. The van der Waals surface area contributed by atoms with Crippen LogP contribution in [0.4, 0.5) is 28.4 Å². The minimum Gasteiger partial charge on any atom is -0.350 e. The van der Waals surface area contributed by atoms with Crippen LogP contribution in [0.1, 0.15) is 11.3 Å². The number of fused-ring (bicyclic) bond motifs is 1. The van der Waals surface area contributed by atoms with Gasteiger partial charge in [0.2, 0.25) is 0 Å². The number of hydrazine groups is 1. The van der Waals surface area contributed by atoms with Gasteiger partial charge >= 0.3 is 18.2 Å². The molecule has 1 aliphatic heterocycles. The number of nitrogens with two attached hydrogens (primary N) is 1. The third-order valence-corrected chi connectivity index (χ3v) is 3.84. The lowest BCUT2D eigenvalue weighted by Crippen LogP contribution is -2.58. The average Bonchev–Trinajstić information content (AvgIpc) is 3.07. The minimum atomic E-state index is -4.64. The number of urea groups is 1. The van der Waals surface area contributed by atoms with E-state index in [2.05, 4.69) is 15.7 Å². The van der Waals surface area contributed by atoms with Gasteiger partial charge in [0.15, 0.2) is 0 Å². The van der Waals surface area contributed by atoms with Crippen molar-refractivity contribution in [2.75, 3.05) is 5.01 Å². The fourth-order valence-corrected chi connectivity index (χ4v) is 2.55. The van der Waals surface area contributed by atoms with Gasteiger partial charge in [0.05, 0.1) is 11.3 Å². The summed E-state index contributed by atoms with van der Waals surface area (Å²) in [5.74, 6) is -0.827. The predicted molar refractivity (Wildman–Crippen MR) is 85.3 cm³/mol. The van der Waals surface area contributed by atoms with Crippen molar-refractivity contribution in [3.8, 4) is 0 Å². The normalized spacial score (nSPS) is 16.3. The number of rotatable bonds is 2. The lowest BCUT2D eigenvalue weighted by atomic mass is 10.1. The summed E-state index contributed by atoms with van der Waals surface area (Å²) < 4.78 is 39.8. The quantitative estimate of drug-likeness (QED) is 0.671. The zero-order valence-corrected chi connectivity index (χ0v) is 13.5. The van der Waals surface area contributed by atoms with E-state index in [1.54, 1.807) is 0 Å². The summed E-state index contributed by atoms with van der Waals surface area (Å²) in [5.41, 5.74) is 6.48. The van der Waals surface area contributed by atoms with Crippen LogP contribution in [0, 0.1) is 0 Å². The molecule has 0 radical (unpaired) electrons. The van der Waals surface area contributed by atoms with E-state index in [-0.39, 0.29) is 12.1 Å². The molecule has 1 aromatic heterocycles. The molecule has 4 N–H and O–H groups in total. The Labute approximate surface area is 149 Å². The molecule has 0 saturated heterocycles. The van der Waals surface area contributed by atoms with Gasteiger partial charge in [-0.1, -0.05) is 6.07 Å². The zero-order chi connectivity index (χ0) is 19.8. The number of alkyl halides is 3. The fraction of sp³-hybridized carbons (Fsp3) is 0.200. The third kappa shape index (κ3) is 3.68. The number of nitrogens with zero attached hydrogens (tertiary/aromatic N) is 3. The zero-order valence-electron chi connectivity index (χ0n) is 13.5. The van der Waals surface area contributed by atoms with Gasteiger partial charge in [-0.25, -0.2) is 19.6 Å². The molecular weight excluding hydrogens is 369 g/mol. The molecule has 1 aromatic carbocycles. The van der Waals surface area contributed by atoms with Crippen molar-refractivity contribution < 1.29 is 27.6 Å². The van der Waals surface area contributed by atoms with Crippen molar-refractivity contribution in [2.45, 2.75) is 18.6 Å². The second-order valence-electron chi connectivity index (χ2n) is 5.66. The average molecular weight is 382 g/mol. The first-order valence-corrected chi connectivity index (χ1v) is 7.56. The van der Waals surface area contributed by atoms with Crippen molar-refractivity contribution in [1.82, 2.24) is 20.3 Å². The second kappa shape index (κ2) is 6.63. The van der Waals surface area contributed by atoms with Crippen LogP contribution in [0.2, 0.25) is 0 Å². The van der Waals surface area contributed by atoms with Crippen molar-refractivity contribution in [2.24, 2.45) is 5.73 Å². The number of aromatic nitrogens is 2. The van der Waals surface area contributed by atoms with E-state index in [1.807, 2.05) is 0 Å². The summed E-state index contributed by atoms with van der Waals surface area (Å²) in [5, 5.41) is 2.88. The number of halogens is 3. The molecule has 3 rings (SSSR count). The van der Waals surface area contributed by atoms with Gasteiger partial charge in [0.25, 0.3) is 5.91 Å². The Morgan fingerprint density at radius 1 is 1.37 bits per heavy atom. The molecule has 0 aliphatic carbocycles. The predicted octanol–water partition coefficient (Wildman–Crippen LogP) is 1.00. The van der Waals surface area contributed by atoms with Gasteiger partial charge in [-0.05, 0) is 18.2 Å². The van der Waals surface area contributed by atoms with Crippen LogP contribution in [-0.2, 0) is 17.4 Å². The largest absolute Gasteiger partial charge is 0.416 e. The summed E-state index contributed by atoms with van der Waals surface area (Å²) in [4.78, 5) is 39.8. The number of hydrogen-bond acceptors (Lipinski definition) is 4. The maximum Gasteiger partial charge on any atom is 0.416 e. The number of amides is 4. The van der Waals surface area contributed by atoms with E-state index >= 15 is 0 Å². The molecule has 0 fully saturated rings. The maximum atomic E-state index is 12.9. The monoisotopic (exact) mass is 382 g/mol. The van der Waals surface area contributed by atoms with Gasteiger partial charge in [-0.2, -0.15) is 13.2 Å². The van der Waals surface area contributed by atoms with Crippen LogP contribution in [0.3, 0.4) is 0 Å². The second-order valence-corrected chi connectivity index (χ2v) is 5.66. The standard InChI is InChI=1S/C15H13F3N6O3/c16-15(17,18)8-2-1-3-9(4-8)24(13(19)26)22-12(25)11-5-10-6-20-7-23(10)14(27)21-11/h1-4,6-7,11H,5H2,(H2,19,26)(H,21,27)(H,22,25). The highest BCUT2D eigenvalue weighted by Crippen LogP contribution is 2.31. The molecule has 0 bridgehead atoms. The fourth-order valence-electron chi connectivity index (χ4n) is 2.55. The summed E-state index contributed by atoms with van der Waals surface area (Å²) >= 11 is 0. The number of nitrogens with one attached hydrogen (secondary N) is 2. The number of imidazole rings is 1. The van der Waals surface area contributed by atoms with E-state index in [4.69, 9.17) is 5.73 Å². The van der Waals surface area contributed by atoms with Gasteiger partial charge in [-0.3, -0.25) is 14.8 Å². The van der Waals surface area contributed by atoms with Crippen molar-refractivity contribution in [3.05, 3.63) is 48.0 Å². The van der Waals surface area contributed by atoms with Crippen LogP contribution < -0.4 is 21.5 Å². The Morgan fingerprint density at radius 3 is 2.78 bits per heavy atom. The SMILES string of the molecule is NC(=O)N(NC(=O)C1Cc2cncn2C(=O)N1)c1cccc(C(F)(F)F)c1. The molecule has 9 nitrogen and oxygen atoms in total. The molecule has 2 heterocycles. The van der Waals surface area contributed by atoms with Crippen molar-refractivity contribution >= 4 is 23.7 Å². The number of benzene rings is 1. The first kappa shape index (κ1) is 18.2. The summed E-state index contributed by atoms with van der Waals surface area (Å²) in [6, 6.07) is 0.866. The molecule has 27 heavy (non-hydrogen) atoms. The number of anilines is 1. The van der Waals surface area contributed by atoms with Crippen LogP contribution in [0.15, 0.2) is 36.8 Å². The molecule has 1 aliphatic rings. The molecule has 1 unspecified atom stereocenters. The van der Waals surface area contributed by atoms with Gasteiger partial charge in [0, 0.05) is 18.3 Å². The van der Waals surface area contributed by atoms with Crippen molar-refractivity contribution in [1.29, 1.82) is 0 Å². The third-order valence-electron chi connectivity index (χ3n) is 3.84. The minimum absolute atomic E-state index is 0.0762. The molecular formula is C15H13F3N6O3. The molecule has 2 aromatic rings. The summed E-state index contributed by atoms with van der Waals surface area (Å²) in [6.07, 6.45) is -1.89. The molecule has 142 valence electrons. The highest BCUT2D eigenvalue weighted by molar-refractivity contribution is 5.97. The van der Waals surface area contributed by atoms with Gasteiger partial charge in [-0.15, -0.1) is 0 Å². The Hall–Kier alpha value is -3.57. The highest BCUT2D eigenvalue weighted by Gasteiger charge is 2.33. The Bertz CT molecular complexity index is 910. The van der Waals surface area contributed by atoms with Crippen LogP contribution >= 0.6 is 0 Å². The van der Waals surface area contributed by atoms with Crippen molar-refractivity contribution in [3.63, 3.8) is 0 Å². The lowest BCUT2D eigenvalue weighted by Gasteiger charge is -2.27. The summed E-state index contributed by atoms with van der Waals surface area (Å²) in [6.45, 7) is 0. The van der Waals surface area contributed by atoms with E-state index in [0.29, 0.717) is 16.8 Å². The van der Waals surface area contributed by atoms with E-state index in [1.165, 1.54) is 23.2 Å². The smallest absolute Gasteiger partial charge is 0.350 e. The topological polar surface area (TPSA) is 122 Å². The van der Waals surface area contributed by atoms with E-state index < -0.39 is 35.8 Å². The molecule has 12 heteroatoms. The Morgan fingerprint density at radius 2 is 2.11 bits per heavy atom.